The molecule has 7 N–H and O–H groups in total. The van der Waals surface area contributed by atoms with E-state index in [-0.39, 0.29) is 40.2 Å². The fourth-order valence-electron chi connectivity index (χ4n) is 9.51. The number of anilines is 5. The van der Waals surface area contributed by atoms with Crippen LogP contribution in [-0.4, -0.2) is 103 Å². The van der Waals surface area contributed by atoms with Gasteiger partial charge in [0, 0.05) is 75.3 Å². The number of pyridine rings is 2. The average molecular weight is 1020 g/mol. The van der Waals surface area contributed by atoms with Gasteiger partial charge in [0.15, 0.2) is 23.0 Å². The summed E-state index contributed by atoms with van der Waals surface area (Å²) in [7, 11) is 3.57. The number of aromatic nitrogens is 12. The van der Waals surface area contributed by atoms with E-state index in [0.717, 1.165) is 66.2 Å². The zero-order valence-electron chi connectivity index (χ0n) is 41.4. The number of nitrogens with two attached hydrogens (primary N) is 2. The number of carbonyl (C=O) groups excluding carboxylic acids is 2. The summed E-state index contributed by atoms with van der Waals surface area (Å²) >= 11 is 1.32. The van der Waals surface area contributed by atoms with Crippen LogP contribution < -0.4 is 43.4 Å². The van der Waals surface area contributed by atoms with E-state index < -0.39 is 11.8 Å². The summed E-state index contributed by atoms with van der Waals surface area (Å²) in [4.78, 5) is 59.9. The Morgan fingerprint density at radius 2 is 1.22 bits per heavy atom. The van der Waals surface area contributed by atoms with E-state index in [1.165, 1.54) is 48.6 Å². The van der Waals surface area contributed by atoms with Crippen LogP contribution in [-0.2, 0) is 14.1 Å². The second-order valence-corrected chi connectivity index (χ2v) is 19.9. The van der Waals surface area contributed by atoms with Crippen LogP contribution in [0.15, 0.2) is 100 Å². The smallest absolute Gasteiger partial charge is 0.273 e. The number of amides is 2. The van der Waals surface area contributed by atoms with Gasteiger partial charge in [0.1, 0.15) is 0 Å². The Morgan fingerprint density at radius 3 is 1.72 bits per heavy atom. The number of aryl methyl sites for hydroxylation is 2. The standard InChI is InChI=1S/C25H27N9O2.C17H20N2O.C9H11N7OS/c1-32-13-18(12-27-32)28-23-21(22(26)35)30-31-25(29-23)33-9-2-3-19(14-33)34-10-8-17-11-16(15-4-5-15)6-7-20(17)24(34)36;20-17-16-6-5-13(12-3-4-12)10-14(16)7-9-19(17)15-2-1-8-18-11-15;1-16-4-5(3-11-16)12-8-6(7(10)17)14-15-9(13-8)18-2/h6-8,10-13,15,19H,2-5,9,14H2,1H3,(H2,26,35)(H,28,29,31);5-7,9-10,12,15,18H,1-4,8,11H2;3-4H,1-2H3,(H2,10,17)(H,12,13,15)/t19-;15-;/m11./s1. The molecule has 2 aliphatic heterocycles. The Kier molecular flexibility index (Phi) is 14.4. The molecule has 23 heteroatoms. The number of nitrogens with zero attached hydrogens (tertiary/aromatic N) is 13. The van der Waals surface area contributed by atoms with Crippen molar-refractivity contribution in [2.75, 3.05) is 48.0 Å². The van der Waals surface area contributed by atoms with Crippen LogP contribution in [0.5, 0.6) is 0 Å². The number of piperidine rings is 2. The first-order valence-electron chi connectivity index (χ1n) is 24.8. The summed E-state index contributed by atoms with van der Waals surface area (Å²) in [6.45, 7) is 3.25. The Labute approximate surface area is 429 Å². The van der Waals surface area contributed by atoms with Crippen LogP contribution in [0.4, 0.5) is 29.0 Å². The molecule has 2 saturated carbocycles. The van der Waals surface area contributed by atoms with Gasteiger partial charge in [-0.1, -0.05) is 36.0 Å². The minimum Gasteiger partial charge on any atom is -0.364 e. The van der Waals surface area contributed by atoms with Crippen LogP contribution in [0.3, 0.4) is 0 Å². The number of hydrogen-bond acceptors (Lipinski definition) is 17. The number of benzene rings is 2. The van der Waals surface area contributed by atoms with Crippen LogP contribution >= 0.6 is 11.8 Å². The maximum absolute atomic E-state index is 13.4. The SMILES string of the molecule is CSc1nnc(C(N)=O)c(Nc2cnn(C)c2)n1.Cn1cc(Nc2nc(N3CCC[C@@H](n4ccc5cc(C6CC6)ccc5c4=O)C3)nnc2C(N)=O)cn1.O=c1c2ccc(C3CC3)cc2ccn1[C@@H]1CCCNC1. The second-order valence-electron chi connectivity index (χ2n) is 19.1. The third-order valence-corrected chi connectivity index (χ3v) is 14.2. The highest BCUT2D eigenvalue weighted by Gasteiger charge is 2.28. The summed E-state index contributed by atoms with van der Waals surface area (Å²) in [6.07, 6.45) is 21.5. The fraction of sp³-hybridized carbons (Fsp3) is 0.373. The monoisotopic (exact) mass is 1020 g/mol. The van der Waals surface area contributed by atoms with Crippen molar-refractivity contribution in [1.82, 2.24) is 64.4 Å². The van der Waals surface area contributed by atoms with Crippen molar-refractivity contribution in [3.05, 3.63) is 129 Å². The second kappa shape index (κ2) is 21.6. The number of fused-ring (bicyclic) bond motifs is 2. The molecule has 2 aromatic carbocycles. The molecule has 0 unspecified atom stereocenters. The predicted molar refractivity (Wildman–Crippen MR) is 283 cm³/mol. The Morgan fingerprint density at radius 1 is 0.676 bits per heavy atom. The molecule has 382 valence electrons. The van der Waals surface area contributed by atoms with Crippen LogP contribution in [0.25, 0.3) is 21.5 Å². The quantitative estimate of drug-likeness (QED) is 0.0951. The van der Waals surface area contributed by atoms with Gasteiger partial charge in [-0.25, -0.2) is 4.98 Å². The molecular weight excluding hydrogens is 961 g/mol. The first-order valence-corrected chi connectivity index (χ1v) is 26.0. The van der Waals surface area contributed by atoms with Gasteiger partial charge < -0.3 is 41.5 Å². The molecule has 2 saturated heterocycles. The normalized spacial score (nSPS) is 17.5. The Hall–Kier alpha value is -8.05. The Balaban J connectivity index is 0.000000139. The molecule has 22 nitrogen and oxygen atoms in total. The molecule has 6 aromatic heterocycles. The molecule has 0 bridgehead atoms. The lowest BCUT2D eigenvalue weighted by Crippen LogP contribution is -2.40. The van der Waals surface area contributed by atoms with Gasteiger partial charge >= 0.3 is 0 Å². The van der Waals surface area contributed by atoms with Crippen molar-refractivity contribution in [3.8, 4) is 0 Å². The third kappa shape index (κ3) is 11.3. The molecule has 2 aliphatic carbocycles. The predicted octanol–water partition coefficient (Wildman–Crippen LogP) is 5.45. The molecule has 4 fully saturated rings. The van der Waals surface area contributed by atoms with E-state index in [9.17, 15) is 19.2 Å². The zero-order chi connectivity index (χ0) is 51.5. The molecule has 12 rings (SSSR count). The van der Waals surface area contributed by atoms with Crippen LogP contribution in [0, 0.1) is 0 Å². The number of hydrogen-bond donors (Lipinski definition) is 5. The number of nitrogens with one attached hydrogen (secondary N) is 3. The maximum Gasteiger partial charge on any atom is 0.273 e. The molecule has 2 atom stereocenters. The fourth-order valence-corrected chi connectivity index (χ4v) is 9.82. The van der Waals surface area contributed by atoms with Crippen molar-refractivity contribution in [2.45, 2.75) is 80.4 Å². The molecule has 2 amide bonds. The molecule has 8 heterocycles. The Bertz CT molecular complexity index is 3490. The van der Waals surface area contributed by atoms with Gasteiger partial charge in [0.05, 0.1) is 29.8 Å². The first-order chi connectivity index (χ1) is 35.9. The highest BCUT2D eigenvalue weighted by atomic mass is 32.2. The van der Waals surface area contributed by atoms with E-state index in [1.54, 1.807) is 48.2 Å². The molecule has 0 spiro atoms. The van der Waals surface area contributed by atoms with E-state index in [2.05, 4.69) is 86.8 Å². The molecule has 0 radical (unpaired) electrons. The minimum atomic E-state index is -0.725. The molecule has 74 heavy (non-hydrogen) atoms. The van der Waals surface area contributed by atoms with E-state index in [1.807, 2.05) is 50.9 Å². The number of primary amides is 2. The minimum absolute atomic E-state index is 0.00310. The van der Waals surface area contributed by atoms with Gasteiger partial charge in [0.2, 0.25) is 11.1 Å². The van der Waals surface area contributed by atoms with E-state index in [0.29, 0.717) is 47.5 Å². The van der Waals surface area contributed by atoms with Crippen molar-refractivity contribution in [1.29, 1.82) is 0 Å². The summed E-state index contributed by atoms with van der Waals surface area (Å²) < 4.78 is 7.00. The summed E-state index contributed by atoms with van der Waals surface area (Å²) in [5, 5.41) is 37.4. The lowest BCUT2D eigenvalue weighted by Gasteiger charge is -2.33. The number of rotatable bonds is 12. The van der Waals surface area contributed by atoms with Gasteiger partial charge in [-0.15, -0.1) is 20.4 Å². The van der Waals surface area contributed by atoms with Crippen LogP contribution in [0.1, 0.15) is 107 Å². The molecule has 8 aromatic rings. The van der Waals surface area contributed by atoms with Gasteiger partial charge in [-0.3, -0.25) is 28.5 Å². The van der Waals surface area contributed by atoms with Gasteiger partial charge in [-0.05, 0) is 122 Å². The lowest BCUT2D eigenvalue weighted by molar-refractivity contribution is 0.0986. The number of thioether (sulfide) groups is 1. The van der Waals surface area contributed by atoms with Gasteiger partial charge in [0.25, 0.3) is 22.9 Å². The summed E-state index contributed by atoms with van der Waals surface area (Å²) in [5.74, 6) is 0.845. The van der Waals surface area contributed by atoms with E-state index in [4.69, 9.17) is 11.5 Å². The van der Waals surface area contributed by atoms with Crippen LogP contribution in [0.2, 0.25) is 0 Å². The zero-order valence-corrected chi connectivity index (χ0v) is 42.2. The molecular formula is C51H58N18O4S. The van der Waals surface area contributed by atoms with Gasteiger partial charge in [-0.2, -0.15) is 15.2 Å². The largest absolute Gasteiger partial charge is 0.364 e. The number of carbonyl (C=O) groups is 2. The van der Waals surface area contributed by atoms with Crippen molar-refractivity contribution in [3.63, 3.8) is 0 Å². The topological polar surface area (TPSA) is 282 Å². The molecule has 4 aliphatic rings. The summed E-state index contributed by atoms with van der Waals surface area (Å²) in [6, 6.07) is 17.0. The average Bonchev–Trinajstić information content (AvgIpc) is 4.36. The van der Waals surface area contributed by atoms with Crippen molar-refractivity contribution < 1.29 is 9.59 Å². The van der Waals surface area contributed by atoms with E-state index >= 15 is 0 Å². The first kappa shape index (κ1) is 49.5. The maximum atomic E-state index is 13.4. The highest BCUT2D eigenvalue weighted by molar-refractivity contribution is 7.98. The highest BCUT2D eigenvalue weighted by Crippen LogP contribution is 2.41. The summed E-state index contributed by atoms with van der Waals surface area (Å²) in [5.41, 5.74) is 14.9. The van der Waals surface area contributed by atoms with Crippen molar-refractivity contribution in [2.24, 2.45) is 25.6 Å². The van der Waals surface area contributed by atoms with Crippen molar-refractivity contribution >= 4 is 74.1 Å². The lowest BCUT2D eigenvalue weighted by atomic mass is 10.0. The third-order valence-electron chi connectivity index (χ3n) is 13.7.